The number of methoxy groups -OCH3 is 2. The highest BCUT2D eigenvalue weighted by molar-refractivity contribution is 7.09. The van der Waals surface area contributed by atoms with E-state index in [0.717, 1.165) is 0 Å². The van der Waals surface area contributed by atoms with Crippen LogP contribution in [-0.4, -0.2) is 55.0 Å². The molecule has 0 spiro atoms. The maximum Gasteiger partial charge on any atom is 0.251 e. The third kappa shape index (κ3) is 6.11. The smallest absolute Gasteiger partial charge is 0.251 e. The Kier molecular flexibility index (Phi) is 8.95. The van der Waals surface area contributed by atoms with Crippen LogP contribution in [0.4, 0.5) is 8.78 Å². The monoisotopic (exact) mass is 575 g/mol. The Morgan fingerprint density at radius 2 is 1.87 bits per heavy atom. The van der Waals surface area contributed by atoms with Crippen LogP contribution in [0.5, 0.6) is 17.2 Å². The van der Waals surface area contributed by atoms with E-state index in [2.05, 4.69) is 15.3 Å². The first kappa shape index (κ1) is 28.2. The van der Waals surface area contributed by atoms with Gasteiger partial charge in [-0.3, -0.25) is 4.79 Å². The van der Waals surface area contributed by atoms with Crippen LogP contribution in [0.2, 0.25) is 5.02 Å². The predicted molar refractivity (Wildman–Crippen MR) is 143 cm³/mol. The van der Waals surface area contributed by atoms with Gasteiger partial charge in [0.15, 0.2) is 17.1 Å². The minimum absolute atomic E-state index is 0.0965. The van der Waals surface area contributed by atoms with Gasteiger partial charge in [-0.25, -0.2) is 18.7 Å². The van der Waals surface area contributed by atoms with Gasteiger partial charge in [-0.1, -0.05) is 11.6 Å². The van der Waals surface area contributed by atoms with E-state index in [9.17, 15) is 18.7 Å². The van der Waals surface area contributed by atoms with E-state index in [1.165, 1.54) is 68.2 Å². The molecule has 0 aliphatic carbocycles. The lowest BCUT2D eigenvalue weighted by Crippen LogP contribution is -2.42. The Bertz CT molecular complexity index is 1460. The van der Waals surface area contributed by atoms with Crippen LogP contribution in [0, 0.1) is 5.82 Å². The summed E-state index contributed by atoms with van der Waals surface area (Å²) in [6.07, 6.45) is 1.53. The largest absolute Gasteiger partial charge is 0.494 e. The summed E-state index contributed by atoms with van der Waals surface area (Å²) in [6, 6.07) is 11.7. The normalized spacial score (nSPS) is 12.5. The summed E-state index contributed by atoms with van der Waals surface area (Å²) in [5.74, 6) is -0.183. The fourth-order valence-corrected chi connectivity index (χ4v) is 4.71. The Labute approximate surface area is 232 Å². The van der Waals surface area contributed by atoms with Gasteiger partial charge < -0.3 is 24.6 Å². The Morgan fingerprint density at radius 3 is 2.54 bits per heavy atom. The molecule has 0 bridgehead atoms. The Balaban J connectivity index is 1.67. The van der Waals surface area contributed by atoms with E-state index in [0.29, 0.717) is 22.8 Å². The van der Waals surface area contributed by atoms with Gasteiger partial charge in [0.1, 0.15) is 35.5 Å². The van der Waals surface area contributed by atoms with Gasteiger partial charge in [0.2, 0.25) is 0 Å². The van der Waals surface area contributed by atoms with E-state index in [4.69, 9.17) is 25.8 Å². The van der Waals surface area contributed by atoms with E-state index >= 15 is 0 Å². The van der Waals surface area contributed by atoms with Crippen LogP contribution in [0.3, 0.4) is 0 Å². The minimum Gasteiger partial charge on any atom is -0.494 e. The van der Waals surface area contributed by atoms with Crippen molar-refractivity contribution < 1.29 is 32.9 Å². The number of aromatic nitrogens is 2. The van der Waals surface area contributed by atoms with Crippen LogP contribution < -0.4 is 19.5 Å². The zero-order valence-electron chi connectivity index (χ0n) is 20.9. The number of alkyl halides is 1. The van der Waals surface area contributed by atoms with Gasteiger partial charge >= 0.3 is 0 Å². The number of rotatable bonds is 11. The average molecular weight is 576 g/mol. The van der Waals surface area contributed by atoms with Crippen molar-refractivity contribution in [3.05, 3.63) is 87.2 Å². The summed E-state index contributed by atoms with van der Waals surface area (Å²) in [7, 11) is 2.86. The molecule has 0 aliphatic rings. The van der Waals surface area contributed by atoms with Crippen molar-refractivity contribution in [1.29, 1.82) is 0 Å². The molecule has 12 heteroatoms. The molecular weight excluding hydrogens is 552 g/mol. The molecule has 2 aromatic heterocycles. The van der Waals surface area contributed by atoms with Crippen LogP contribution in [0.25, 0.3) is 11.3 Å². The molecule has 0 saturated carbocycles. The van der Waals surface area contributed by atoms with E-state index < -0.39 is 24.0 Å². The molecule has 2 heterocycles. The molecule has 4 rings (SSSR count). The molecule has 1 atom stereocenters. The zero-order chi connectivity index (χ0) is 28.0. The zero-order valence-corrected chi connectivity index (χ0v) is 22.5. The second kappa shape index (κ2) is 12.4. The maximum atomic E-state index is 13.8. The first-order chi connectivity index (χ1) is 18.8. The highest BCUT2D eigenvalue weighted by atomic mass is 35.5. The number of halogens is 3. The van der Waals surface area contributed by atoms with E-state index in [1.54, 1.807) is 17.5 Å². The Morgan fingerprint density at radius 1 is 1.10 bits per heavy atom. The van der Waals surface area contributed by atoms with Crippen molar-refractivity contribution in [3.63, 3.8) is 0 Å². The third-order valence-electron chi connectivity index (χ3n) is 5.75. The van der Waals surface area contributed by atoms with Crippen LogP contribution in [0.15, 0.2) is 60.1 Å². The molecule has 0 fully saturated rings. The SMILES string of the molecule is COc1cc(C(=O)NCC(O)(c2ccc(OC)c(-c3ccc(F)c(Cl)c3)n2)c2nccs2)ccc1OCCF. The standard InChI is InChI=1S/C27H24ClF2N3O5S/c1-36-21-7-8-23(33-24(21)16-3-5-19(30)18(28)13-16)27(35,26-31-10-12-39-26)15-32-25(34)17-4-6-20(38-11-9-29)22(14-17)37-2/h3-8,10,12-14,35H,9,11,15H2,1-2H3,(H,32,34). The summed E-state index contributed by atoms with van der Waals surface area (Å²) in [5, 5.41) is 16.5. The summed E-state index contributed by atoms with van der Waals surface area (Å²) >= 11 is 7.17. The lowest BCUT2D eigenvalue weighted by Gasteiger charge is -2.27. The Hall–Kier alpha value is -3.80. The topological polar surface area (TPSA) is 103 Å². The van der Waals surface area contributed by atoms with Gasteiger partial charge in [-0.15, -0.1) is 11.3 Å². The molecule has 204 valence electrons. The average Bonchev–Trinajstić information content (AvgIpc) is 3.51. The van der Waals surface area contributed by atoms with Gasteiger partial charge in [-0.05, 0) is 48.5 Å². The predicted octanol–water partition coefficient (Wildman–Crippen LogP) is 5.03. The number of amides is 1. The van der Waals surface area contributed by atoms with Crippen molar-refractivity contribution in [2.45, 2.75) is 5.60 Å². The van der Waals surface area contributed by atoms with E-state index in [-0.39, 0.29) is 40.2 Å². The first-order valence-electron chi connectivity index (χ1n) is 11.6. The number of benzene rings is 2. The number of thiazole rings is 1. The highest BCUT2D eigenvalue weighted by Gasteiger charge is 2.37. The number of nitrogens with one attached hydrogen (secondary N) is 1. The highest BCUT2D eigenvalue weighted by Crippen LogP contribution is 2.36. The van der Waals surface area contributed by atoms with Crippen LogP contribution >= 0.6 is 22.9 Å². The van der Waals surface area contributed by atoms with Crippen molar-refractivity contribution in [1.82, 2.24) is 15.3 Å². The maximum absolute atomic E-state index is 13.8. The number of hydrogen-bond acceptors (Lipinski definition) is 8. The molecule has 8 nitrogen and oxygen atoms in total. The molecule has 1 unspecified atom stereocenters. The number of carbonyl (C=O) groups excluding carboxylic acids is 1. The number of nitrogens with zero attached hydrogens (tertiary/aromatic N) is 2. The van der Waals surface area contributed by atoms with E-state index in [1.807, 2.05) is 0 Å². The lowest BCUT2D eigenvalue weighted by atomic mass is 9.98. The third-order valence-corrected chi connectivity index (χ3v) is 6.96. The van der Waals surface area contributed by atoms with Gasteiger partial charge in [0, 0.05) is 22.7 Å². The number of carbonyl (C=O) groups is 1. The fourth-order valence-electron chi connectivity index (χ4n) is 3.78. The quantitative estimate of drug-likeness (QED) is 0.259. The van der Waals surface area contributed by atoms with Crippen molar-refractivity contribution >= 4 is 28.8 Å². The molecule has 39 heavy (non-hydrogen) atoms. The van der Waals surface area contributed by atoms with Gasteiger partial charge in [-0.2, -0.15) is 0 Å². The lowest BCUT2D eigenvalue weighted by molar-refractivity contribution is 0.0665. The molecule has 0 aliphatic heterocycles. The molecule has 0 saturated heterocycles. The summed E-state index contributed by atoms with van der Waals surface area (Å²) in [6.45, 7) is -1.11. The number of ether oxygens (including phenoxy) is 3. The molecule has 4 aromatic rings. The number of pyridine rings is 1. The summed E-state index contributed by atoms with van der Waals surface area (Å²) in [5.41, 5.74) is -0.658. The molecular formula is C27H24ClF2N3O5S. The summed E-state index contributed by atoms with van der Waals surface area (Å²) < 4.78 is 42.3. The van der Waals surface area contributed by atoms with Crippen molar-refractivity contribution in [3.8, 4) is 28.5 Å². The van der Waals surface area contributed by atoms with Crippen molar-refractivity contribution in [2.75, 3.05) is 34.0 Å². The fraction of sp³-hybridized carbons (Fsp3) is 0.222. The van der Waals surface area contributed by atoms with Gasteiger partial charge in [0.25, 0.3) is 5.91 Å². The minimum atomic E-state index is -1.83. The number of hydrogen-bond donors (Lipinski definition) is 2. The van der Waals surface area contributed by atoms with Gasteiger partial charge in [0.05, 0.1) is 31.5 Å². The number of aliphatic hydroxyl groups is 1. The molecule has 2 aromatic carbocycles. The molecule has 2 N–H and O–H groups in total. The second-order valence-corrected chi connectivity index (χ2v) is 9.46. The first-order valence-corrected chi connectivity index (χ1v) is 12.8. The van der Waals surface area contributed by atoms with Crippen molar-refractivity contribution in [2.24, 2.45) is 0 Å². The second-order valence-electron chi connectivity index (χ2n) is 8.16. The molecule has 1 amide bonds. The van der Waals surface area contributed by atoms with Crippen LogP contribution in [0.1, 0.15) is 21.1 Å². The summed E-state index contributed by atoms with van der Waals surface area (Å²) in [4.78, 5) is 21.9. The molecule has 0 radical (unpaired) electrons. The van der Waals surface area contributed by atoms with Crippen LogP contribution in [-0.2, 0) is 5.60 Å².